The van der Waals surface area contributed by atoms with Gasteiger partial charge in [-0.25, -0.2) is 0 Å². The minimum atomic E-state index is 0.680. The van der Waals surface area contributed by atoms with Crippen LogP contribution in [0.15, 0.2) is 35.6 Å². The second kappa shape index (κ2) is 9.56. The molecule has 136 valence electrons. The number of nitrogens with zero attached hydrogens (tertiary/aromatic N) is 3. The molecule has 0 aliphatic heterocycles. The highest BCUT2D eigenvalue weighted by Crippen LogP contribution is 2.29. The molecule has 2 rings (SSSR count). The monoisotopic (exact) mass is 345 g/mol. The second-order valence-corrected chi connectivity index (χ2v) is 5.58. The minimum absolute atomic E-state index is 0.680. The van der Waals surface area contributed by atoms with Gasteiger partial charge >= 0.3 is 0 Å². The molecule has 0 aliphatic carbocycles. The molecule has 0 aliphatic rings. The number of aromatic nitrogens is 2. The highest BCUT2D eigenvalue weighted by molar-refractivity contribution is 5.93. The molecule has 0 bridgehead atoms. The maximum absolute atomic E-state index is 5.33. The van der Waals surface area contributed by atoms with E-state index in [0.717, 1.165) is 37.6 Å². The Kier molecular flexibility index (Phi) is 7.13. The molecular weight excluding hydrogens is 318 g/mol. The highest BCUT2D eigenvalue weighted by atomic mass is 16.5. The second-order valence-electron chi connectivity index (χ2n) is 5.58. The number of aryl methyl sites for hydroxylation is 2. The first-order valence-electron chi connectivity index (χ1n) is 8.41. The number of benzene rings is 1. The molecule has 0 amide bonds. The van der Waals surface area contributed by atoms with Crippen LogP contribution in [0, 0.1) is 0 Å². The summed E-state index contributed by atoms with van der Waals surface area (Å²) in [5, 5.41) is 10.7. The van der Waals surface area contributed by atoms with Crippen LogP contribution in [0.2, 0.25) is 0 Å². The number of nitrogens with one attached hydrogen (secondary N) is 2. The van der Waals surface area contributed by atoms with Crippen LogP contribution in [0.4, 0.5) is 5.69 Å². The third-order valence-electron chi connectivity index (χ3n) is 3.64. The number of anilines is 1. The van der Waals surface area contributed by atoms with Gasteiger partial charge in [0.25, 0.3) is 0 Å². The van der Waals surface area contributed by atoms with Gasteiger partial charge < -0.3 is 20.1 Å². The molecule has 1 heterocycles. The normalized spacial score (nSPS) is 11.3. The van der Waals surface area contributed by atoms with E-state index in [1.165, 1.54) is 5.56 Å². The van der Waals surface area contributed by atoms with E-state index in [-0.39, 0.29) is 0 Å². The molecule has 0 atom stereocenters. The van der Waals surface area contributed by atoms with Crippen LogP contribution in [0.5, 0.6) is 11.5 Å². The summed E-state index contributed by atoms with van der Waals surface area (Å²) in [6, 6.07) is 5.69. The minimum Gasteiger partial charge on any atom is -0.493 e. The van der Waals surface area contributed by atoms with Gasteiger partial charge in [0.1, 0.15) is 0 Å². The van der Waals surface area contributed by atoms with Gasteiger partial charge in [0, 0.05) is 38.1 Å². The maximum Gasteiger partial charge on any atom is 0.195 e. The predicted molar refractivity (Wildman–Crippen MR) is 101 cm³/mol. The van der Waals surface area contributed by atoms with Crippen molar-refractivity contribution >= 4 is 11.6 Å². The summed E-state index contributed by atoms with van der Waals surface area (Å²) >= 11 is 0. The lowest BCUT2D eigenvalue weighted by atomic mass is 10.2. The smallest absolute Gasteiger partial charge is 0.195 e. The Morgan fingerprint density at radius 2 is 2.04 bits per heavy atom. The van der Waals surface area contributed by atoms with Crippen LogP contribution >= 0.6 is 0 Å². The van der Waals surface area contributed by atoms with Gasteiger partial charge in [0.2, 0.25) is 0 Å². The summed E-state index contributed by atoms with van der Waals surface area (Å²) in [6.07, 6.45) is 5.87. The Hall–Kier alpha value is -2.70. The van der Waals surface area contributed by atoms with Crippen molar-refractivity contribution in [2.45, 2.75) is 19.8 Å². The molecule has 0 fully saturated rings. The van der Waals surface area contributed by atoms with Crippen LogP contribution in [-0.4, -0.2) is 43.0 Å². The zero-order valence-corrected chi connectivity index (χ0v) is 15.4. The molecule has 7 heteroatoms. The van der Waals surface area contributed by atoms with Crippen molar-refractivity contribution in [3.63, 3.8) is 0 Å². The van der Waals surface area contributed by atoms with Crippen molar-refractivity contribution in [1.29, 1.82) is 0 Å². The molecule has 2 N–H and O–H groups in total. The number of hydrogen-bond donors (Lipinski definition) is 2. The van der Waals surface area contributed by atoms with Crippen molar-refractivity contribution in [1.82, 2.24) is 15.1 Å². The summed E-state index contributed by atoms with van der Waals surface area (Å²) < 4.78 is 12.4. The molecule has 0 radical (unpaired) electrons. The van der Waals surface area contributed by atoms with Gasteiger partial charge in [-0.1, -0.05) is 0 Å². The number of aliphatic imine (C=N–C) groups is 1. The first kappa shape index (κ1) is 18.6. The van der Waals surface area contributed by atoms with Crippen LogP contribution < -0.4 is 20.1 Å². The fraction of sp³-hybridized carbons (Fsp3) is 0.444. The molecule has 0 spiro atoms. The number of methoxy groups -OCH3 is 2. The Bertz CT molecular complexity index is 697. The van der Waals surface area contributed by atoms with Gasteiger partial charge in [0.15, 0.2) is 17.5 Å². The standard InChI is InChI=1S/C18H27N5O2/c1-5-19-18(20-10-6-7-14-12-21-23(2)13-14)22-15-8-9-16(24-3)17(11-15)25-4/h8-9,11-13H,5-7,10H2,1-4H3,(H2,19,20,22). The van der Waals surface area contributed by atoms with Crippen molar-refractivity contribution in [3.8, 4) is 11.5 Å². The summed E-state index contributed by atoms with van der Waals surface area (Å²) in [7, 11) is 5.18. The average Bonchev–Trinajstić information content (AvgIpc) is 3.04. The summed E-state index contributed by atoms with van der Waals surface area (Å²) in [5.74, 6) is 2.13. The van der Waals surface area contributed by atoms with Gasteiger partial charge in [-0.15, -0.1) is 0 Å². The molecule has 7 nitrogen and oxygen atoms in total. The topological polar surface area (TPSA) is 72.7 Å². The quantitative estimate of drug-likeness (QED) is 0.437. The molecule has 0 saturated heterocycles. The third-order valence-corrected chi connectivity index (χ3v) is 3.64. The first-order chi connectivity index (χ1) is 12.2. The van der Waals surface area contributed by atoms with E-state index >= 15 is 0 Å². The molecular formula is C18H27N5O2. The van der Waals surface area contributed by atoms with Gasteiger partial charge in [0.05, 0.1) is 20.4 Å². The van der Waals surface area contributed by atoms with E-state index in [9.17, 15) is 0 Å². The van der Waals surface area contributed by atoms with Crippen LogP contribution in [0.1, 0.15) is 18.9 Å². The van der Waals surface area contributed by atoms with Crippen molar-refractivity contribution in [2.75, 3.05) is 32.6 Å². The number of guanidine groups is 1. The summed E-state index contributed by atoms with van der Waals surface area (Å²) in [4.78, 5) is 4.62. The largest absolute Gasteiger partial charge is 0.493 e. The zero-order chi connectivity index (χ0) is 18.1. The molecule has 0 saturated carbocycles. The van der Waals surface area contributed by atoms with E-state index in [4.69, 9.17) is 9.47 Å². The molecule has 0 unspecified atom stereocenters. The summed E-state index contributed by atoms with van der Waals surface area (Å²) in [6.45, 7) is 3.57. The lowest BCUT2D eigenvalue weighted by Crippen LogP contribution is -2.30. The lowest BCUT2D eigenvalue weighted by Gasteiger charge is -2.13. The molecule has 1 aromatic heterocycles. The van der Waals surface area contributed by atoms with E-state index in [0.29, 0.717) is 11.5 Å². The number of rotatable bonds is 8. The van der Waals surface area contributed by atoms with Crippen LogP contribution in [0.3, 0.4) is 0 Å². The van der Waals surface area contributed by atoms with E-state index in [2.05, 4.69) is 20.7 Å². The fourth-order valence-corrected chi connectivity index (χ4v) is 2.43. The first-order valence-corrected chi connectivity index (χ1v) is 8.41. The Balaban J connectivity index is 1.94. The van der Waals surface area contributed by atoms with Crippen LogP contribution in [-0.2, 0) is 13.5 Å². The van der Waals surface area contributed by atoms with Gasteiger partial charge in [-0.3, -0.25) is 9.67 Å². The fourth-order valence-electron chi connectivity index (χ4n) is 2.43. The van der Waals surface area contributed by atoms with Gasteiger partial charge in [-0.05, 0) is 37.5 Å². The Morgan fingerprint density at radius 3 is 2.68 bits per heavy atom. The molecule has 1 aromatic carbocycles. The van der Waals surface area contributed by atoms with Crippen molar-refractivity contribution < 1.29 is 9.47 Å². The number of ether oxygens (including phenoxy) is 2. The van der Waals surface area contributed by atoms with E-state index in [1.54, 1.807) is 14.2 Å². The number of hydrogen-bond acceptors (Lipinski definition) is 4. The highest BCUT2D eigenvalue weighted by Gasteiger charge is 2.06. The van der Waals surface area contributed by atoms with Gasteiger partial charge in [-0.2, -0.15) is 5.10 Å². The summed E-state index contributed by atoms with van der Waals surface area (Å²) in [5.41, 5.74) is 2.13. The zero-order valence-electron chi connectivity index (χ0n) is 15.4. The van der Waals surface area contributed by atoms with Crippen molar-refractivity contribution in [2.24, 2.45) is 12.0 Å². The third kappa shape index (κ3) is 5.70. The SMILES string of the molecule is CCNC(=NCCCc1cnn(C)c1)Nc1ccc(OC)c(OC)c1. The van der Waals surface area contributed by atoms with E-state index < -0.39 is 0 Å². The lowest BCUT2D eigenvalue weighted by molar-refractivity contribution is 0.355. The Morgan fingerprint density at radius 1 is 1.24 bits per heavy atom. The molecule has 25 heavy (non-hydrogen) atoms. The van der Waals surface area contributed by atoms with Crippen LogP contribution in [0.25, 0.3) is 0 Å². The molecule has 2 aromatic rings. The Labute approximate surface area is 149 Å². The predicted octanol–water partition coefficient (Wildman–Crippen LogP) is 2.45. The maximum atomic E-state index is 5.33. The average molecular weight is 345 g/mol. The van der Waals surface area contributed by atoms with E-state index in [1.807, 2.05) is 49.2 Å². The van der Waals surface area contributed by atoms with Crippen molar-refractivity contribution in [3.05, 3.63) is 36.2 Å².